The van der Waals surface area contributed by atoms with Gasteiger partial charge in [-0.2, -0.15) is 4.31 Å². The molecule has 0 amide bonds. The summed E-state index contributed by atoms with van der Waals surface area (Å²) in [6.07, 6.45) is 1.52. The van der Waals surface area contributed by atoms with Crippen molar-refractivity contribution in [1.29, 1.82) is 0 Å². The van der Waals surface area contributed by atoms with E-state index in [1.165, 1.54) is 10.4 Å². The summed E-state index contributed by atoms with van der Waals surface area (Å²) in [5.41, 5.74) is 5.56. The summed E-state index contributed by atoms with van der Waals surface area (Å²) >= 11 is 5.81. The predicted molar refractivity (Wildman–Crippen MR) is 67.4 cm³/mol. The van der Waals surface area contributed by atoms with Gasteiger partial charge in [0.05, 0.1) is 5.02 Å². The van der Waals surface area contributed by atoms with E-state index in [9.17, 15) is 12.8 Å². The second-order valence-corrected chi connectivity index (χ2v) is 6.49. The smallest absolute Gasteiger partial charge is 0.244 e. The van der Waals surface area contributed by atoms with Crippen LogP contribution in [0.25, 0.3) is 0 Å². The van der Waals surface area contributed by atoms with E-state index < -0.39 is 15.8 Å². The highest BCUT2D eigenvalue weighted by Crippen LogP contribution is 2.30. The third kappa shape index (κ3) is 2.38. The molecule has 0 aliphatic carbocycles. The van der Waals surface area contributed by atoms with Crippen molar-refractivity contribution < 1.29 is 12.8 Å². The van der Waals surface area contributed by atoms with Gasteiger partial charge in [0.15, 0.2) is 0 Å². The van der Waals surface area contributed by atoms with Crippen LogP contribution in [-0.2, 0) is 10.0 Å². The summed E-state index contributed by atoms with van der Waals surface area (Å²) in [7, 11) is -3.69. The second-order valence-electron chi connectivity index (χ2n) is 4.22. The van der Waals surface area contributed by atoms with E-state index in [2.05, 4.69) is 0 Å². The molecule has 1 aliphatic heterocycles. The topological polar surface area (TPSA) is 63.4 Å². The van der Waals surface area contributed by atoms with E-state index in [1.54, 1.807) is 0 Å². The van der Waals surface area contributed by atoms with Crippen LogP contribution in [0.5, 0.6) is 0 Å². The molecular weight excluding hydrogens is 279 g/mol. The number of nitrogens with two attached hydrogens (primary N) is 1. The van der Waals surface area contributed by atoms with Crippen LogP contribution in [0, 0.1) is 5.82 Å². The first-order chi connectivity index (χ1) is 8.46. The Labute approximate surface area is 111 Å². The first kappa shape index (κ1) is 13.7. The number of sulfonamides is 1. The van der Waals surface area contributed by atoms with Crippen molar-refractivity contribution in [3.05, 3.63) is 29.0 Å². The van der Waals surface area contributed by atoms with E-state index in [1.807, 2.05) is 0 Å². The van der Waals surface area contributed by atoms with Crippen LogP contribution >= 0.6 is 11.6 Å². The van der Waals surface area contributed by atoms with Gasteiger partial charge >= 0.3 is 0 Å². The van der Waals surface area contributed by atoms with E-state index in [0.29, 0.717) is 6.54 Å². The molecule has 1 saturated heterocycles. The van der Waals surface area contributed by atoms with E-state index in [-0.39, 0.29) is 22.5 Å². The fraction of sp³-hybridized carbons (Fsp3) is 0.455. The number of benzene rings is 1. The van der Waals surface area contributed by atoms with Crippen LogP contribution in [0.3, 0.4) is 0 Å². The maximum absolute atomic E-state index is 12.9. The summed E-state index contributed by atoms with van der Waals surface area (Å²) < 4.78 is 39.1. The zero-order valence-electron chi connectivity index (χ0n) is 9.64. The Morgan fingerprint density at radius 3 is 2.83 bits per heavy atom. The van der Waals surface area contributed by atoms with E-state index in [0.717, 1.165) is 25.0 Å². The molecule has 2 rings (SSSR count). The van der Waals surface area contributed by atoms with Crippen LogP contribution in [-0.4, -0.2) is 31.9 Å². The fourth-order valence-corrected chi connectivity index (χ4v) is 4.38. The van der Waals surface area contributed by atoms with Crippen LogP contribution in [0.15, 0.2) is 23.1 Å². The Kier molecular flexibility index (Phi) is 3.91. The average molecular weight is 293 g/mol. The van der Waals surface area contributed by atoms with Gasteiger partial charge < -0.3 is 5.73 Å². The first-order valence-electron chi connectivity index (χ1n) is 5.64. The molecule has 0 spiro atoms. The van der Waals surface area contributed by atoms with Crippen molar-refractivity contribution in [3.8, 4) is 0 Å². The molecule has 1 unspecified atom stereocenters. The van der Waals surface area contributed by atoms with E-state index >= 15 is 0 Å². The van der Waals surface area contributed by atoms with Gasteiger partial charge in [-0.05, 0) is 31.0 Å². The molecule has 1 atom stereocenters. The number of hydrogen-bond donors (Lipinski definition) is 1. The molecule has 0 bridgehead atoms. The Bertz CT molecular complexity index is 550. The molecule has 1 aromatic rings. The third-order valence-electron chi connectivity index (χ3n) is 3.08. The molecule has 1 aromatic carbocycles. The molecule has 1 fully saturated rings. The van der Waals surface area contributed by atoms with Gasteiger partial charge in [0.2, 0.25) is 10.0 Å². The number of rotatable bonds is 3. The number of hydrogen-bond acceptors (Lipinski definition) is 3. The maximum Gasteiger partial charge on any atom is 0.244 e. The average Bonchev–Trinajstić information content (AvgIpc) is 2.76. The molecule has 18 heavy (non-hydrogen) atoms. The van der Waals surface area contributed by atoms with Crippen molar-refractivity contribution in [2.75, 3.05) is 13.1 Å². The molecule has 2 N–H and O–H groups in total. The van der Waals surface area contributed by atoms with Crippen molar-refractivity contribution in [1.82, 2.24) is 4.31 Å². The van der Waals surface area contributed by atoms with Gasteiger partial charge in [-0.25, -0.2) is 12.8 Å². The molecule has 1 heterocycles. The molecular formula is C11H14ClFN2O2S. The standard InChI is InChI=1S/C11H14ClFN2O2S/c12-10-6-8(13)3-4-11(10)18(16,17)15-5-1-2-9(15)7-14/h3-4,6,9H,1-2,5,7,14H2. The highest BCUT2D eigenvalue weighted by atomic mass is 35.5. The van der Waals surface area contributed by atoms with Crippen molar-refractivity contribution in [2.45, 2.75) is 23.8 Å². The van der Waals surface area contributed by atoms with Gasteiger partial charge in [-0.15, -0.1) is 0 Å². The summed E-state index contributed by atoms with van der Waals surface area (Å²) in [5, 5.41) is -0.0994. The lowest BCUT2D eigenvalue weighted by Gasteiger charge is -2.23. The summed E-state index contributed by atoms with van der Waals surface area (Å²) in [6.45, 7) is 0.704. The molecule has 0 saturated carbocycles. The molecule has 1 aliphatic rings. The SMILES string of the molecule is NCC1CCCN1S(=O)(=O)c1ccc(F)cc1Cl. The fourth-order valence-electron chi connectivity index (χ4n) is 2.17. The Morgan fingerprint density at radius 2 is 2.22 bits per heavy atom. The highest BCUT2D eigenvalue weighted by molar-refractivity contribution is 7.89. The van der Waals surface area contributed by atoms with E-state index in [4.69, 9.17) is 17.3 Å². The molecule has 0 radical (unpaired) electrons. The van der Waals surface area contributed by atoms with Crippen LogP contribution in [0.2, 0.25) is 5.02 Å². The summed E-state index contributed by atoms with van der Waals surface area (Å²) in [6, 6.07) is 3.09. The largest absolute Gasteiger partial charge is 0.329 e. The predicted octanol–water partition coefficient (Wildman–Crippen LogP) is 1.59. The van der Waals surface area contributed by atoms with Crippen LogP contribution in [0.1, 0.15) is 12.8 Å². The zero-order chi connectivity index (χ0) is 13.3. The van der Waals surface area contributed by atoms with Crippen LogP contribution < -0.4 is 5.73 Å². The van der Waals surface area contributed by atoms with Gasteiger partial charge in [0.25, 0.3) is 0 Å². The van der Waals surface area contributed by atoms with Gasteiger partial charge in [0, 0.05) is 19.1 Å². The normalized spacial score (nSPS) is 21.4. The molecule has 0 aromatic heterocycles. The van der Waals surface area contributed by atoms with Crippen LogP contribution in [0.4, 0.5) is 4.39 Å². The molecule has 4 nitrogen and oxygen atoms in total. The van der Waals surface area contributed by atoms with Gasteiger partial charge in [0.1, 0.15) is 10.7 Å². The third-order valence-corrected chi connectivity index (χ3v) is 5.51. The summed E-state index contributed by atoms with van der Waals surface area (Å²) in [4.78, 5) is -0.0640. The van der Waals surface area contributed by atoms with Crippen molar-refractivity contribution in [2.24, 2.45) is 5.73 Å². The lowest BCUT2D eigenvalue weighted by Crippen LogP contribution is -2.39. The number of nitrogens with zero attached hydrogens (tertiary/aromatic N) is 1. The minimum Gasteiger partial charge on any atom is -0.329 e. The van der Waals surface area contributed by atoms with Crippen molar-refractivity contribution >= 4 is 21.6 Å². The lowest BCUT2D eigenvalue weighted by atomic mass is 10.2. The quantitative estimate of drug-likeness (QED) is 0.920. The minimum absolute atomic E-state index is 0.0640. The monoisotopic (exact) mass is 292 g/mol. The lowest BCUT2D eigenvalue weighted by molar-refractivity contribution is 0.393. The summed E-state index contributed by atoms with van der Waals surface area (Å²) in [5.74, 6) is -0.559. The van der Waals surface area contributed by atoms with Gasteiger partial charge in [-0.1, -0.05) is 11.6 Å². The first-order valence-corrected chi connectivity index (χ1v) is 7.45. The van der Waals surface area contributed by atoms with Gasteiger partial charge in [-0.3, -0.25) is 0 Å². The number of halogens is 2. The Morgan fingerprint density at radius 1 is 1.50 bits per heavy atom. The second kappa shape index (κ2) is 5.13. The Hall–Kier alpha value is -0.690. The zero-order valence-corrected chi connectivity index (χ0v) is 11.2. The molecule has 100 valence electrons. The Balaban J connectivity index is 2.42. The highest BCUT2D eigenvalue weighted by Gasteiger charge is 2.35. The maximum atomic E-state index is 12.9. The van der Waals surface area contributed by atoms with Crippen molar-refractivity contribution in [3.63, 3.8) is 0 Å². The minimum atomic E-state index is -3.69. The molecule has 7 heteroatoms.